The molecule has 3 N–H and O–H groups in total. The number of aromatic nitrogens is 1. The lowest BCUT2D eigenvalue weighted by Crippen LogP contribution is -2.16. The first-order valence-corrected chi connectivity index (χ1v) is 13.8. The molecule has 5 heteroatoms. The third kappa shape index (κ3) is 6.53. The average molecular weight is 510 g/mol. The van der Waals surface area contributed by atoms with Crippen LogP contribution in [-0.4, -0.2) is 18.2 Å². The second-order valence-electron chi connectivity index (χ2n) is 10.7. The van der Waals surface area contributed by atoms with Crippen LogP contribution in [0.2, 0.25) is 0 Å². The van der Waals surface area contributed by atoms with Gasteiger partial charge in [-0.1, -0.05) is 29.8 Å². The van der Waals surface area contributed by atoms with E-state index in [1.54, 1.807) is 0 Å². The van der Waals surface area contributed by atoms with Gasteiger partial charge in [-0.25, -0.2) is 4.98 Å². The number of aryl methyl sites for hydroxylation is 4. The van der Waals surface area contributed by atoms with E-state index in [1.165, 1.54) is 27.8 Å². The van der Waals surface area contributed by atoms with E-state index < -0.39 is 0 Å². The van der Waals surface area contributed by atoms with Crippen LogP contribution in [0.5, 0.6) is 11.5 Å². The zero-order chi connectivity index (χ0) is 26.5. The molecule has 0 atom stereocenters. The summed E-state index contributed by atoms with van der Waals surface area (Å²) in [6.45, 7) is 9.90. The lowest BCUT2D eigenvalue weighted by Gasteiger charge is -2.22. The summed E-state index contributed by atoms with van der Waals surface area (Å²) in [5.41, 5.74) is 14.9. The highest BCUT2D eigenvalue weighted by Gasteiger charge is 2.15. The van der Waals surface area contributed by atoms with Crippen molar-refractivity contribution < 1.29 is 9.47 Å². The Balaban J connectivity index is 1.23. The summed E-state index contributed by atoms with van der Waals surface area (Å²) in [5.74, 6) is 2.97. The number of pyridine rings is 1. The van der Waals surface area contributed by atoms with Gasteiger partial charge >= 0.3 is 0 Å². The van der Waals surface area contributed by atoms with Gasteiger partial charge in [0.15, 0.2) is 0 Å². The summed E-state index contributed by atoms with van der Waals surface area (Å²) in [6, 6.07) is 21.0. The van der Waals surface area contributed by atoms with Crippen LogP contribution in [0.15, 0.2) is 60.7 Å². The Morgan fingerprint density at radius 2 is 1.68 bits per heavy atom. The van der Waals surface area contributed by atoms with Gasteiger partial charge in [0.1, 0.15) is 17.3 Å². The van der Waals surface area contributed by atoms with Crippen molar-refractivity contribution in [3.05, 3.63) is 94.0 Å². The Morgan fingerprint density at radius 3 is 2.47 bits per heavy atom. The highest BCUT2D eigenvalue weighted by molar-refractivity contribution is 5.83. The number of anilines is 1. The molecular weight excluding hydrogens is 470 g/mol. The highest BCUT2D eigenvalue weighted by atomic mass is 16.5. The molecule has 0 unspecified atom stereocenters. The molecule has 1 saturated heterocycles. The zero-order valence-corrected chi connectivity index (χ0v) is 22.8. The van der Waals surface area contributed by atoms with E-state index in [0.29, 0.717) is 11.7 Å². The van der Waals surface area contributed by atoms with Crippen molar-refractivity contribution in [2.45, 2.75) is 59.5 Å². The third-order valence-electron chi connectivity index (χ3n) is 7.67. The fourth-order valence-corrected chi connectivity index (χ4v) is 5.55. The Bertz CT molecular complexity index is 1390. The third-order valence-corrected chi connectivity index (χ3v) is 7.67. The van der Waals surface area contributed by atoms with Gasteiger partial charge in [-0.3, -0.25) is 0 Å². The van der Waals surface area contributed by atoms with Crippen molar-refractivity contribution in [3.63, 3.8) is 0 Å². The molecule has 0 amide bonds. The van der Waals surface area contributed by atoms with Gasteiger partial charge in [-0.05, 0) is 117 Å². The van der Waals surface area contributed by atoms with Gasteiger partial charge in [-0.2, -0.15) is 0 Å². The second kappa shape index (κ2) is 12.0. The van der Waals surface area contributed by atoms with E-state index in [0.717, 1.165) is 80.0 Å². The number of nitrogens with zero attached hydrogens (tertiary/aromatic N) is 1. The molecule has 0 radical (unpaired) electrons. The number of hydrogen-bond donors (Lipinski definition) is 2. The normalized spacial score (nSPS) is 14.2. The van der Waals surface area contributed by atoms with Crippen molar-refractivity contribution >= 4 is 16.7 Å². The molecule has 1 fully saturated rings. The fraction of sp³-hybridized carbons (Fsp3) is 0.364. The van der Waals surface area contributed by atoms with E-state index in [9.17, 15) is 0 Å². The van der Waals surface area contributed by atoms with Crippen LogP contribution < -0.4 is 15.8 Å². The van der Waals surface area contributed by atoms with Gasteiger partial charge in [0, 0.05) is 31.7 Å². The summed E-state index contributed by atoms with van der Waals surface area (Å²) in [7, 11) is 0. The number of nitrogen functional groups attached to an aromatic ring is 1. The molecule has 4 aromatic rings. The van der Waals surface area contributed by atoms with E-state index in [4.69, 9.17) is 15.2 Å². The molecule has 0 saturated carbocycles. The van der Waals surface area contributed by atoms with Crippen molar-refractivity contribution in [2.75, 3.05) is 18.9 Å². The van der Waals surface area contributed by atoms with Crippen molar-refractivity contribution in [2.24, 2.45) is 5.92 Å². The molecule has 38 heavy (non-hydrogen) atoms. The van der Waals surface area contributed by atoms with Crippen molar-refractivity contribution in [3.8, 4) is 11.5 Å². The summed E-state index contributed by atoms with van der Waals surface area (Å²) in [5, 5.41) is 4.65. The molecule has 5 rings (SSSR count). The number of rotatable bonds is 9. The first-order chi connectivity index (χ1) is 18.4. The van der Waals surface area contributed by atoms with Crippen LogP contribution in [0.3, 0.4) is 0 Å². The topological polar surface area (TPSA) is 69.4 Å². The molecule has 1 aliphatic rings. The van der Waals surface area contributed by atoms with E-state index in [-0.39, 0.29) is 0 Å². The largest absolute Gasteiger partial charge is 0.457 e. The lowest BCUT2D eigenvalue weighted by molar-refractivity contribution is 0.0640. The number of fused-ring (bicyclic) bond motifs is 1. The van der Waals surface area contributed by atoms with Gasteiger partial charge in [0.2, 0.25) is 0 Å². The molecule has 2 heterocycles. The lowest BCUT2D eigenvalue weighted by atomic mass is 9.92. The molecule has 0 spiro atoms. The molecule has 198 valence electrons. The summed E-state index contributed by atoms with van der Waals surface area (Å²) < 4.78 is 11.8. The van der Waals surface area contributed by atoms with Crippen LogP contribution in [0.1, 0.15) is 52.6 Å². The first-order valence-electron chi connectivity index (χ1n) is 13.8. The van der Waals surface area contributed by atoms with Crippen LogP contribution in [0.25, 0.3) is 10.9 Å². The Hall–Kier alpha value is -3.41. The molecule has 1 aromatic heterocycles. The van der Waals surface area contributed by atoms with Gasteiger partial charge in [-0.15, -0.1) is 0 Å². The minimum Gasteiger partial charge on any atom is -0.457 e. The highest BCUT2D eigenvalue weighted by Crippen LogP contribution is 2.29. The molecule has 0 bridgehead atoms. The molecular formula is C33H39N3O2. The second-order valence-corrected chi connectivity index (χ2v) is 10.7. The maximum atomic E-state index is 6.31. The standard InChI is InChI=1S/C33H39N3O2/c1-22-15-23(2)31(24(3)16-22)21-35-20-26-5-4-6-29(17-26)38-30-9-10-32-28(19-30)18-27(33(34)36-32)8-7-25-11-13-37-14-12-25/h4-6,9-10,15-19,25,35H,7-8,11-14,20-21H2,1-3H3,(H2,34,36). The predicted octanol–water partition coefficient (Wildman–Crippen LogP) is 7.18. The van der Waals surface area contributed by atoms with Crippen LogP contribution in [-0.2, 0) is 24.2 Å². The molecule has 0 aliphatic carbocycles. The number of nitrogens with one attached hydrogen (secondary N) is 1. The Morgan fingerprint density at radius 1 is 0.921 bits per heavy atom. The van der Waals surface area contributed by atoms with E-state index in [2.05, 4.69) is 67.5 Å². The smallest absolute Gasteiger partial charge is 0.128 e. The Kier molecular flexibility index (Phi) is 8.26. The van der Waals surface area contributed by atoms with Gasteiger partial charge in [0.25, 0.3) is 0 Å². The van der Waals surface area contributed by atoms with Crippen molar-refractivity contribution in [1.82, 2.24) is 10.3 Å². The quantitative estimate of drug-likeness (QED) is 0.250. The minimum atomic E-state index is 0.634. The van der Waals surface area contributed by atoms with E-state index >= 15 is 0 Å². The van der Waals surface area contributed by atoms with Gasteiger partial charge < -0.3 is 20.5 Å². The van der Waals surface area contributed by atoms with Crippen LogP contribution >= 0.6 is 0 Å². The average Bonchev–Trinajstić information content (AvgIpc) is 2.90. The molecule has 3 aromatic carbocycles. The number of benzene rings is 3. The zero-order valence-electron chi connectivity index (χ0n) is 22.8. The fourth-order valence-electron chi connectivity index (χ4n) is 5.55. The van der Waals surface area contributed by atoms with Crippen molar-refractivity contribution in [1.29, 1.82) is 0 Å². The molecule has 1 aliphatic heterocycles. The predicted molar refractivity (Wildman–Crippen MR) is 156 cm³/mol. The monoisotopic (exact) mass is 509 g/mol. The first kappa shape index (κ1) is 26.2. The van der Waals surface area contributed by atoms with Crippen LogP contribution in [0.4, 0.5) is 5.82 Å². The number of hydrogen-bond acceptors (Lipinski definition) is 5. The maximum Gasteiger partial charge on any atom is 0.128 e. The van der Waals surface area contributed by atoms with Crippen LogP contribution in [0, 0.1) is 26.7 Å². The Labute approximate surface area is 226 Å². The minimum absolute atomic E-state index is 0.634. The maximum absolute atomic E-state index is 6.31. The summed E-state index contributed by atoms with van der Waals surface area (Å²) in [4.78, 5) is 4.67. The van der Waals surface area contributed by atoms with E-state index in [1.807, 2.05) is 24.3 Å². The summed E-state index contributed by atoms with van der Waals surface area (Å²) in [6.07, 6.45) is 4.35. The van der Waals surface area contributed by atoms with Gasteiger partial charge in [0.05, 0.1) is 5.52 Å². The summed E-state index contributed by atoms with van der Waals surface area (Å²) >= 11 is 0. The SMILES string of the molecule is Cc1cc(C)c(CNCc2cccc(Oc3ccc4nc(N)c(CCC5CCOCC5)cc4c3)c2)c(C)c1. The molecule has 5 nitrogen and oxygen atoms in total. The number of ether oxygens (including phenoxy) is 2. The number of nitrogens with two attached hydrogens (primary N) is 1.